The molecule has 1 unspecified atom stereocenters. The number of anilines is 1. The summed E-state index contributed by atoms with van der Waals surface area (Å²) in [6.45, 7) is 0.349. The Bertz CT molecular complexity index is 1170. The Hall–Kier alpha value is -3.76. The summed E-state index contributed by atoms with van der Waals surface area (Å²) in [6.07, 6.45) is 0. The molecule has 0 aliphatic heterocycles. The number of hydrogen-bond donors (Lipinski definition) is 2. The van der Waals surface area contributed by atoms with Crippen LogP contribution < -0.4 is 14.8 Å². The van der Waals surface area contributed by atoms with Crippen LogP contribution in [-0.4, -0.2) is 51.6 Å². The molecule has 10 heteroatoms. The molecule has 4 aromatic rings. The minimum Gasteiger partial charge on any atom is -0.491 e. The van der Waals surface area contributed by atoms with Gasteiger partial charge in [-0.25, -0.2) is 0 Å². The molecule has 9 nitrogen and oxygen atoms in total. The molecule has 1 amide bonds. The Labute approximate surface area is 205 Å². The molecule has 3 aromatic carbocycles. The van der Waals surface area contributed by atoms with Crippen molar-refractivity contribution in [2.75, 3.05) is 25.5 Å². The van der Waals surface area contributed by atoms with Crippen LogP contribution >= 0.6 is 15.9 Å². The van der Waals surface area contributed by atoms with Crippen molar-refractivity contribution in [3.63, 3.8) is 0 Å². The first-order valence-corrected chi connectivity index (χ1v) is 11.3. The van der Waals surface area contributed by atoms with Gasteiger partial charge in [0.2, 0.25) is 5.91 Å². The van der Waals surface area contributed by atoms with E-state index in [1.54, 1.807) is 24.3 Å². The van der Waals surface area contributed by atoms with Crippen LogP contribution in [0.5, 0.6) is 17.2 Å². The zero-order valence-electron chi connectivity index (χ0n) is 18.4. The van der Waals surface area contributed by atoms with Crippen molar-refractivity contribution in [1.29, 1.82) is 0 Å². The highest BCUT2D eigenvalue weighted by molar-refractivity contribution is 9.10. The van der Waals surface area contributed by atoms with E-state index in [4.69, 9.17) is 9.47 Å². The molecule has 34 heavy (non-hydrogen) atoms. The van der Waals surface area contributed by atoms with Gasteiger partial charge in [-0.05, 0) is 67.7 Å². The van der Waals surface area contributed by atoms with Crippen molar-refractivity contribution in [1.82, 2.24) is 25.5 Å². The maximum atomic E-state index is 12.7. The normalized spacial score (nSPS) is 11.7. The van der Waals surface area contributed by atoms with Crippen molar-refractivity contribution >= 4 is 27.5 Å². The lowest BCUT2D eigenvalue weighted by molar-refractivity contribution is -0.117. The molecular formula is C24H23BrN6O3. The maximum Gasteiger partial charge on any atom is 0.238 e. The fourth-order valence-electron chi connectivity index (χ4n) is 3.18. The van der Waals surface area contributed by atoms with Crippen LogP contribution in [0.3, 0.4) is 0 Å². The number of para-hydroxylation sites is 1. The number of amides is 1. The molecule has 174 valence electrons. The van der Waals surface area contributed by atoms with Gasteiger partial charge in [0, 0.05) is 10.2 Å². The number of rotatable bonds is 10. The third kappa shape index (κ3) is 6.63. The SMILES string of the molecule is CN(CC(=O)Nc1ccc(Oc2ccccc2)cc1)C(COc1ccc(Br)cc1)c1nn[nH]n1. The number of halogens is 1. The molecule has 1 atom stereocenters. The van der Waals surface area contributed by atoms with Gasteiger partial charge in [0.15, 0.2) is 5.82 Å². The highest BCUT2D eigenvalue weighted by Crippen LogP contribution is 2.23. The van der Waals surface area contributed by atoms with E-state index < -0.39 is 0 Å². The van der Waals surface area contributed by atoms with Crippen LogP contribution in [0, 0.1) is 0 Å². The minimum atomic E-state index is -0.380. The van der Waals surface area contributed by atoms with Crippen LogP contribution in [0.2, 0.25) is 0 Å². The van der Waals surface area contributed by atoms with Gasteiger partial charge in [-0.1, -0.05) is 39.3 Å². The second-order valence-corrected chi connectivity index (χ2v) is 8.37. The van der Waals surface area contributed by atoms with Gasteiger partial charge in [0.25, 0.3) is 0 Å². The maximum absolute atomic E-state index is 12.7. The van der Waals surface area contributed by atoms with Crippen molar-refractivity contribution in [2.45, 2.75) is 6.04 Å². The lowest BCUT2D eigenvalue weighted by Crippen LogP contribution is -2.36. The highest BCUT2D eigenvalue weighted by Gasteiger charge is 2.24. The van der Waals surface area contributed by atoms with E-state index >= 15 is 0 Å². The van der Waals surface area contributed by atoms with E-state index in [0.29, 0.717) is 23.0 Å². The smallest absolute Gasteiger partial charge is 0.238 e. The number of ether oxygens (including phenoxy) is 2. The Kier molecular flexibility index (Phi) is 7.84. The number of aromatic nitrogens is 4. The number of likely N-dealkylation sites (N-methyl/N-ethyl adjacent to an activating group) is 1. The number of carbonyl (C=O) groups is 1. The molecule has 0 aliphatic carbocycles. The number of H-pyrrole nitrogens is 1. The van der Waals surface area contributed by atoms with Gasteiger partial charge in [0.1, 0.15) is 29.9 Å². The first-order valence-electron chi connectivity index (χ1n) is 10.5. The molecule has 0 fully saturated rings. The standard InChI is InChI=1S/C24H23BrN6O3/c1-31(22(24-27-29-30-28-24)16-33-19-11-7-17(25)8-12-19)15-23(32)26-18-9-13-21(14-10-18)34-20-5-3-2-4-6-20/h2-14,22H,15-16H2,1H3,(H,26,32)(H,27,28,29,30). The van der Waals surface area contributed by atoms with Crippen molar-refractivity contribution in [3.8, 4) is 17.2 Å². The lowest BCUT2D eigenvalue weighted by Gasteiger charge is -2.25. The number of hydrogen-bond acceptors (Lipinski definition) is 7. The molecule has 2 N–H and O–H groups in total. The molecule has 1 aromatic heterocycles. The van der Waals surface area contributed by atoms with E-state index in [2.05, 4.69) is 41.9 Å². The summed E-state index contributed by atoms with van der Waals surface area (Å²) in [5, 5.41) is 17.1. The molecule has 0 radical (unpaired) electrons. The zero-order valence-corrected chi connectivity index (χ0v) is 20.0. The number of nitrogens with one attached hydrogen (secondary N) is 2. The summed E-state index contributed by atoms with van der Waals surface area (Å²) < 4.78 is 12.6. The number of benzene rings is 3. The largest absolute Gasteiger partial charge is 0.491 e. The van der Waals surface area contributed by atoms with E-state index in [1.807, 2.05) is 66.5 Å². The van der Waals surface area contributed by atoms with Gasteiger partial charge in [-0.15, -0.1) is 10.2 Å². The Morgan fingerprint density at radius 3 is 2.35 bits per heavy atom. The second kappa shape index (κ2) is 11.4. The first-order chi connectivity index (χ1) is 16.6. The van der Waals surface area contributed by atoms with E-state index in [0.717, 1.165) is 10.2 Å². The quantitative estimate of drug-likeness (QED) is 0.317. The summed E-state index contributed by atoms with van der Waals surface area (Å²) in [4.78, 5) is 14.5. The first kappa shape index (κ1) is 23.4. The summed E-state index contributed by atoms with van der Waals surface area (Å²) in [7, 11) is 1.81. The average molecular weight is 523 g/mol. The fourth-order valence-corrected chi connectivity index (χ4v) is 3.45. The van der Waals surface area contributed by atoms with Gasteiger partial charge in [0.05, 0.1) is 6.54 Å². The third-order valence-corrected chi connectivity index (χ3v) is 5.45. The Morgan fingerprint density at radius 1 is 1.00 bits per heavy atom. The lowest BCUT2D eigenvalue weighted by atomic mass is 10.2. The Morgan fingerprint density at radius 2 is 1.68 bits per heavy atom. The van der Waals surface area contributed by atoms with Crippen LogP contribution in [-0.2, 0) is 4.79 Å². The van der Waals surface area contributed by atoms with Gasteiger partial charge in [-0.2, -0.15) is 5.21 Å². The highest BCUT2D eigenvalue weighted by atomic mass is 79.9. The number of nitrogens with zero attached hydrogens (tertiary/aromatic N) is 4. The summed E-state index contributed by atoms with van der Waals surface area (Å²) in [6, 6.07) is 23.8. The van der Waals surface area contributed by atoms with Crippen LogP contribution in [0.25, 0.3) is 0 Å². The molecule has 0 saturated carbocycles. The summed E-state index contributed by atoms with van der Waals surface area (Å²) >= 11 is 3.41. The monoisotopic (exact) mass is 522 g/mol. The number of carbonyl (C=O) groups excluding carboxylic acids is 1. The summed E-state index contributed by atoms with van der Waals surface area (Å²) in [5.74, 6) is 2.39. The fraction of sp³-hybridized carbons (Fsp3) is 0.167. The minimum absolute atomic E-state index is 0.102. The van der Waals surface area contributed by atoms with E-state index in [-0.39, 0.29) is 25.1 Å². The molecule has 0 aliphatic rings. The third-order valence-electron chi connectivity index (χ3n) is 4.92. The predicted octanol–water partition coefficient (Wildman–Crippen LogP) is 4.45. The number of aromatic amines is 1. The molecule has 0 spiro atoms. The molecule has 0 bridgehead atoms. The van der Waals surface area contributed by atoms with Crippen LogP contribution in [0.4, 0.5) is 5.69 Å². The summed E-state index contributed by atoms with van der Waals surface area (Å²) in [5.41, 5.74) is 0.668. The second-order valence-electron chi connectivity index (χ2n) is 7.45. The molecular weight excluding hydrogens is 500 g/mol. The topological polar surface area (TPSA) is 105 Å². The van der Waals surface area contributed by atoms with Gasteiger partial charge in [-0.3, -0.25) is 9.69 Å². The zero-order chi connectivity index (χ0) is 23.8. The molecule has 4 rings (SSSR count). The van der Waals surface area contributed by atoms with Crippen molar-refractivity contribution in [2.24, 2.45) is 0 Å². The van der Waals surface area contributed by atoms with E-state index in [9.17, 15) is 4.79 Å². The van der Waals surface area contributed by atoms with Crippen molar-refractivity contribution in [3.05, 3.63) is 89.2 Å². The van der Waals surface area contributed by atoms with Crippen LogP contribution in [0.15, 0.2) is 83.3 Å². The molecule has 0 saturated heterocycles. The average Bonchev–Trinajstić information content (AvgIpc) is 3.37. The van der Waals surface area contributed by atoms with Crippen LogP contribution in [0.1, 0.15) is 11.9 Å². The van der Waals surface area contributed by atoms with Crippen molar-refractivity contribution < 1.29 is 14.3 Å². The van der Waals surface area contributed by atoms with Gasteiger partial charge < -0.3 is 14.8 Å². The Balaban J connectivity index is 1.34. The predicted molar refractivity (Wildman–Crippen MR) is 131 cm³/mol. The van der Waals surface area contributed by atoms with E-state index in [1.165, 1.54) is 0 Å². The molecule has 1 heterocycles. The van der Waals surface area contributed by atoms with Gasteiger partial charge >= 0.3 is 0 Å². The number of tetrazole rings is 1.